The molecule has 0 radical (unpaired) electrons. The molecule has 0 aliphatic carbocycles. The van der Waals surface area contributed by atoms with Crippen LogP contribution < -0.4 is 11.1 Å². The Labute approximate surface area is 89.1 Å². The fourth-order valence-corrected chi connectivity index (χ4v) is 1.79. The first-order chi connectivity index (χ1) is 7.24. The summed E-state index contributed by atoms with van der Waals surface area (Å²) in [5.74, 6) is 1.10. The van der Waals surface area contributed by atoms with Crippen LogP contribution in [0.3, 0.4) is 0 Å². The van der Waals surface area contributed by atoms with Crippen LogP contribution in [0.2, 0.25) is 0 Å². The number of anilines is 2. The molecule has 1 aliphatic rings. The predicted molar refractivity (Wildman–Crippen MR) is 58.5 cm³/mol. The molecular weight excluding hydrogens is 192 g/mol. The first kappa shape index (κ1) is 10.2. The van der Waals surface area contributed by atoms with Crippen LogP contribution in [0, 0.1) is 0 Å². The molecule has 2 atom stereocenters. The maximum Gasteiger partial charge on any atom is 0.221 e. The molecule has 15 heavy (non-hydrogen) atoms. The van der Waals surface area contributed by atoms with E-state index in [1.54, 1.807) is 6.20 Å². The summed E-state index contributed by atoms with van der Waals surface area (Å²) in [5, 5.41) is 3.34. The highest BCUT2D eigenvalue weighted by molar-refractivity contribution is 5.38. The van der Waals surface area contributed by atoms with E-state index in [0.717, 1.165) is 25.3 Å². The number of aromatic nitrogens is 2. The van der Waals surface area contributed by atoms with Crippen LogP contribution in [0.15, 0.2) is 12.3 Å². The molecule has 5 heteroatoms. The van der Waals surface area contributed by atoms with Gasteiger partial charge in [-0.2, -0.15) is 4.98 Å². The third-order valence-electron chi connectivity index (χ3n) is 2.51. The van der Waals surface area contributed by atoms with E-state index < -0.39 is 0 Å². The highest BCUT2D eigenvalue weighted by Crippen LogP contribution is 2.17. The Hall–Kier alpha value is -1.36. The summed E-state index contributed by atoms with van der Waals surface area (Å²) in [7, 11) is 0. The molecule has 2 heterocycles. The van der Waals surface area contributed by atoms with Crippen molar-refractivity contribution < 1.29 is 4.74 Å². The van der Waals surface area contributed by atoms with Gasteiger partial charge in [-0.3, -0.25) is 0 Å². The van der Waals surface area contributed by atoms with Crippen molar-refractivity contribution in [1.82, 2.24) is 9.97 Å². The lowest BCUT2D eigenvalue weighted by Gasteiger charge is -2.28. The van der Waals surface area contributed by atoms with Gasteiger partial charge in [0.15, 0.2) is 0 Å². The zero-order chi connectivity index (χ0) is 10.7. The van der Waals surface area contributed by atoms with Crippen LogP contribution in [0.1, 0.15) is 19.8 Å². The second kappa shape index (κ2) is 4.44. The van der Waals surface area contributed by atoms with E-state index in [1.165, 1.54) is 0 Å². The van der Waals surface area contributed by atoms with E-state index in [2.05, 4.69) is 22.2 Å². The number of hydrogen-bond acceptors (Lipinski definition) is 5. The third kappa shape index (κ3) is 2.79. The first-order valence-electron chi connectivity index (χ1n) is 5.20. The molecule has 82 valence electrons. The number of nitrogen functional groups attached to an aromatic ring is 1. The number of rotatable bonds is 2. The first-order valence-corrected chi connectivity index (χ1v) is 5.20. The molecule has 1 aromatic rings. The average Bonchev–Trinajstić information content (AvgIpc) is 2.17. The van der Waals surface area contributed by atoms with E-state index >= 15 is 0 Å². The molecule has 1 fully saturated rings. The summed E-state index contributed by atoms with van der Waals surface area (Å²) in [4.78, 5) is 7.96. The van der Waals surface area contributed by atoms with Gasteiger partial charge in [0.1, 0.15) is 5.82 Å². The molecule has 0 amide bonds. The third-order valence-corrected chi connectivity index (χ3v) is 2.51. The Morgan fingerprint density at radius 2 is 2.47 bits per heavy atom. The van der Waals surface area contributed by atoms with Gasteiger partial charge >= 0.3 is 0 Å². The minimum Gasteiger partial charge on any atom is -0.378 e. The van der Waals surface area contributed by atoms with Gasteiger partial charge in [-0.15, -0.1) is 0 Å². The molecule has 1 aromatic heterocycles. The van der Waals surface area contributed by atoms with Crippen molar-refractivity contribution in [3.63, 3.8) is 0 Å². The maximum absolute atomic E-state index is 5.50. The van der Waals surface area contributed by atoms with Crippen LogP contribution in [-0.4, -0.2) is 28.7 Å². The summed E-state index contributed by atoms with van der Waals surface area (Å²) in [6.45, 7) is 2.89. The van der Waals surface area contributed by atoms with Crippen molar-refractivity contribution >= 4 is 11.8 Å². The van der Waals surface area contributed by atoms with Gasteiger partial charge in [0.25, 0.3) is 0 Å². The SMILES string of the molecule is CC1CC(Nc2ccnc(N)n2)CCO1. The Morgan fingerprint density at radius 3 is 3.20 bits per heavy atom. The highest BCUT2D eigenvalue weighted by atomic mass is 16.5. The van der Waals surface area contributed by atoms with Gasteiger partial charge in [-0.05, 0) is 25.8 Å². The minimum absolute atomic E-state index is 0.306. The molecule has 0 spiro atoms. The largest absolute Gasteiger partial charge is 0.378 e. The number of nitrogens with two attached hydrogens (primary N) is 1. The normalized spacial score (nSPS) is 26.2. The number of ether oxygens (including phenoxy) is 1. The summed E-state index contributed by atoms with van der Waals surface area (Å²) >= 11 is 0. The minimum atomic E-state index is 0.306. The molecule has 0 aromatic carbocycles. The van der Waals surface area contributed by atoms with Crippen LogP contribution in [0.5, 0.6) is 0 Å². The second-order valence-corrected chi connectivity index (χ2v) is 3.85. The molecule has 0 bridgehead atoms. The Kier molecular flexibility index (Phi) is 3.01. The topological polar surface area (TPSA) is 73.1 Å². The fraction of sp³-hybridized carbons (Fsp3) is 0.600. The van der Waals surface area contributed by atoms with Crippen molar-refractivity contribution in [1.29, 1.82) is 0 Å². The fourth-order valence-electron chi connectivity index (χ4n) is 1.79. The number of nitrogens with zero attached hydrogens (tertiary/aromatic N) is 2. The smallest absolute Gasteiger partial charge is 0.221 e. The van der Waals surface area contributed by atoms with Crippen molar-refractivity contribution in [2.24, 2.45) is 0 Å². The summed E-state index contributed by atoms with van der Waals surface area (Å²) in [5.41, 5.74) is 5.50. The van der Waals surface area contributed by atoms with Crippen molar-refractivity contribution in [2.45, 2.75) is 31.9 Å². The van der Waals surface area contributed by atoms with Crippen LogP contribution in [-0.2, 0) is 4.74 Å². The number of hydrogen-bond donors (Lipinski definition) is 2. The molecule has 3 N–H and O–H groups in total. The summed E-state index contributed by atoms with van der Waals surface area (Å²) < 4.78 is 5.47. The van der Waals surface area contributed by atoms with Gasteiger partial charge < -0.3 is 15.8 Å². The zero-order valence-electron chi connectivity index (χ0n) is 8.81. The lowest BCUT2D eigenvalue weighted by atomic mass is 10.0. The second-order valence-electron chi connectivity index (χ2n) is 3.85. The van der Waals surface area contributed by atoms with Gasteiger partial charge in [0.2, 0.25) is 5.95 Å². The van der Waals surface area contributed by atoms with Crippen molar-refractivity contribution in [3.05, 3.63) is 12.3 Å². The van der Waals surface area contributed by atoms with Gasteiger partial charge in [-0.1, -0.05) is 0 Å². The molecule has 5 nitrogen and oxygen atoms in total. The zero-order valence-corrected chi connectivity index (χ0v) is 8.81. The summed E-state index contributed by atoms with van der Waals surface area (Å²) in [6.07, 6.45) is 3.99. The molecule has 2 rings (SSSR count). The lowest BCUT2D eigenvalue weighted by molar-refractivity contribution is 0.0232. The summed E-state index contributed by atoms with van der Waals surface area (Å²) in [6, 6.07) is 2.25. The van der Waals surface area contributed by atoms with E-state index in [0.29, 0.717) is 18.1 Å². The Bertz CT molecular complexity index is 331. The van der Waals surface area contributed by atoms with Crippen molar-refractivity contribution in [2.75, 3.05) is 17.7 Å². The predicted octanol–water partition coefficient (Wildman–Crippen LogP) is 1.04. The number of nitrogens with one attached hydrogen (secondary N) is 1. The quantitative estimate of drug-likeness (QED) is 0.759. The van der Waals surface area contributed by atoms with Crippen molar-refractivity contribution in [3.8, 4) is 0 Å². The van der Waals surface area contributed by atoms with Gasteiger partial charge in [0.05, 0.1) is 6.10 Å². The van der Waals surface area contributed by atoms with E-state index in [9.17, 15) is 0 Å². The molecule has 1 aliphatic heterocycles. The Balaban J connectivity index is 1.96. The highest BCUT2D eigenvalue weighted by Gasteiger charge is 2.19. The van der Waals surface area contributed by atoms with E-state index in [4.69, 9.17) is 10.5 Å². The standard InChI is InChI=1S/C10H16N4O/c1-7-6-8(3-5-15-7)13-9-2-4-12-10(11)14-9/h2,4,7-8H,3,5-6H2,1H3,(H3,11,12,13,14). The Morgan fingerprint density at radius 1 is 1.60 bits per heavy atom. The van der Waals surface area contributed by atoms with Crippen LogP contribution in [0.25, 0.3) is 0 Å². The molecule has 2 unspecified atom stereocenters. The molecule has 0 saturated carbocycles. The lowest BCUT2D eigenvalue weighted by Crippen LogP contribution is -2.32. The van der Waals surface area contributed by atoms with Crippen LogP contribution >= 0.6 is 0 Å². The van der Waals surface area contributed by atoms with Gasteiger partial charge in [0, 0.05) is 18.8 Å². The van der Waals surface area contributed by atoms with E-state index in [-0.39, 0.29) is 0 Å². The molecular formula is C10H16N4O. The van der Waals surface area contributed by atoms with E-state index in [1.807, 2.05) is 6.07 Å². The molecule has 1 saturated heterocycles. The van der Waals surface area contributed by atoms with Gasteiger partial charge in [-0.25, -0.2) is 4.98 Å². The monoisotopic (exact) mass is 208 g/mol. The van der Waals surface area contributed by atoms with Crippen LogP contribution in [0.4, 0.5) is 11.8 Å². The average molecular weight is 208 g/mol. The maximum atomic E-state index is 5.50.